The van der Waals surface area contributed by atoms with Crippen molar-refractivity contribution < 1.29 is 13.6 Å². The molecule has 0 unspecified atom stereocenters. The number of hydrogen-bond donors (Lipinski definition) is 0. The monoisotopic (exact) mass is 333 g/mol. The molecule has 2 nitrogen and oxygen atoms in total. The summed E-state index contributed by atoms with van der Waals surface area (Å²) in [6.45, 7) is 0.597. The second-order valence-electron chi connectivity index (χ2n) is 5.46. The highest BCUT2D eigenvalue weighted by Gasteiger charge is 2.32. The number of carbonyl (C=O) groups is 1. The number of carbonyl (C=O) groups excluding carboxylic acids is 1. The third-order valence-corrected chi connectivity index (χ3v) is 5.15. The Kier molecular flexibility index (Phi) is 4.96. The quantitative estimate of drug-likeness (QED) is 0.837. The van der Waals surface area contributed by atoms with Gasteiger partial charge < -0.3 is 4.90 Å². The van der Waals surface area contributed by atoms with Crippen LogP contribution in [0.4, 0.5) is 8.78 Å². The van der Waals surface area contributed by atoms with Crippen molar-refractivity contribution in [2.75, 3.05) is 12.3 Å². The number of halogens is 2. The molecule has 0 radical (unpaired) electrons. The van der Waals surface area contributed by atoms with Crippen LogP contribution in [-0.4, -0.2) is 23.1 Å². The van der Waals surface area contributed by atoms with Gasteiger partial charge in [-0.25, -0.2) is 8.78 Å². The van der Waals surface area contributed by atoms with E-state index in [1.54, 1.807) is 4.90 Å². The molecular formula is C18H17F2NOS. The lowest BCUT2D eigenvalue weighted by Crippen LogP contribution is -2.31. The molecule has 2 aromatic carbocycles. The van der Waals surface area contributed by atoms with Crippen molar-refractivity contribution in [3.05, 3.63) is 71.3 Å². The van der Waals surface area contributed by atoms with Crippen LogP contribution in [-0.2, 0) is 11.2 Å². The van der Waals surface area contributed by atoms with Gasteiger partial charge in [0, 0.05) is 30.3 Å². The van der Waals surface area contributed by atoms with Crippen LogP contribution >= 0.6 is 11.8 Å². The van der Waals surface area contributed by atoms with Gasteiger partial charge in [0.1, 0.15) is 17.0 Å². The number of benzene rings is 2. The average Bonchev–Trinajstić information content (AvgIpc) is 3.03. The zero-order valence-corrected chi connectivity index (χ0v) is 13.4. The summed E-state index contributed by atoms with van der Waals surface area (Å²) in [6.07, 6.45) is 1.06. The topological polar surface area (TPSA) is 20.3 Å². The molecule has 0 bridgehead atoms. The smallest absolute Gasteiger partial charge is 0.224 e. The normalized spacial score (nSPS) is 17.5. The fourth-order valence-electron chi connectivity index (χ4n) is 2.72. The Bertz CT molecular complexity index is 693. The number of nitrogens with zero attached hydrogens (tertiary/aromatic N) is 1. The highest BCUT2D eigenvalue weighted by Crippen LogP contribution is 2.39. The molecule has 3 rings (SSSR count). The van der Waals surface area contributed by atoms with Gasteiger partial charge in [0.25, 0.3) is 0 Å². The fourth-order valence-corrected chi connectivity index (χ4v) is 4.02. The Hall–Kier alpha value is -1.88. The molecule has 23 heavy (non-hydrogen) atoms. The molecule has 120 valence electrons. The molecule has 1 heterocycles. The van der Waals surface area contributed by atoms with Gasteiger partial charge in [0.05, 0.1) is 0 Å². The maximum Gasteiger partial charge on any atom is 0.224 e. The fraction of sp³-hybridized carbons (Fsp3) is 0.278. The Morgan fingerprint density at radius 1 is 1.17 bits per heavy atom. The second-order valence-corrected chi connectivity index (χ2v) is 6.65. The maximum absolute atomic E-state index is 14.0. The molecule has 1 saturated heterocycles. The highest BCUT2D eigenvalue weighted by atomic mass is 32.2. The summed E-state index contributed by atoms with van der Waals surface area (Å²) in [6, 6.07) is 13.4. The lowest BCUT2D eigenvalue weighted by molar-refractivity contribution is -0.131. The molecule has 0 saturated carbocycles. The van der Waals surface area contributed by atoms with Crippen molar-refractivity contribution in [1.82, 2.24) is 4.90 Å². The van der Waals surface area contributed by atoms with E-state index in [2.05, 4.69) is 0 Å². The predicted molar refractivity (Wildman–Crippen MR) is 88.0 cm³/mol. The van der Waals surface area contributed by atoms with Crippen molar-refractivity contribution in [3.63, 3.8) is 0 Å². The van der Waals surface area contributed by atoms with Crippen LogP contribution in [0.2, 0.25) is 0 Å². The van der Waals surface area contributed by atoms with E-state index in [1.165, 1.54) is 23.9 Å². The van der Waals surface area contributed by atoms with E-state index in [0.717, 1.165) is 17.4 Å². The Morgan fingerprint density at radius 2 is 1.96 bits per heavy atom. The van der Waals surface area contributed by atoms with Crippen LogP contribution < -0.4 is 0 Å². The number of aryl methyl sites for hydroxylation is 1. The SMILES string of the molecule is O=C(CCc1ccccc1)N1CCS[C@@H]1c1ccc(F)cc1F. The minimum Gasteiger partial charge on any atom is -0.326 e. The van der Waals surface area contributed by atoms with Gasteiger partial charge in [-0.2, -0.15) is 0 Å². The lowest BCUT2D eigenvalue weighted by Gasteiger charge is -2.24. The van der Waals surface area contributed by atoms with Crippen molar-refractivity contribution in [1.29, 1.82) is 0 Å². The average molecular weight is 333 g/mol. The van der Waals surface area contributed by atoms with Gasteiger partial charge >= 0.3 is 0 Å². The van der Waals surface area contributed by atoms with Crippen molar-refractivity contribution in [3.8, 4) is 0 Å². The Labute approximate surface area is 138 Å². The molecular weight excluding hydrogens is 316 g/mol. The van der Waals surface area contributed by atoms with Crippen LogP contribution in [0.3, 0.4) is 0 Å². The largest absolute Gasteiger partial charge is 0.326 e. The molecule has 0 aliphatic carbocycles. The van der Waals surface area contributed by atoms with Crippen LogP contribution in [0.25, 0.3) is 0 Å². The van der Waals surface area contributed by atoms with E-state index in [1.807, 2.05) is 30.3 Å². The first kappa shape index (κ1) is 16.0. The summed E-state index contributed by atoms with van der Waals surface area (Å²) in [5.74, 6) is -0.424. The summed E-state index contributed by atoms with van der Waals surface area (Å²) < 4.78 is 27.1. The number of rotatable bonds is 4. The molecule has 5 heteroatoms. The third kappa shape index (κ3) is 3.72. The molecule has 1 aliphatic heterocycles. The van der Waals surface area contributed by atoms with Gasteiger partial charge in [-0.1, -0.05) is 36.4 Å². The van der Waals surface area contributed by atoms with Crippen LogP contribution in [0, 0.1) is 11.6 Å². The van der Waals surface area contributed by atoms with Crippen LogP contribution in [0.15, 0.2) is 48.5 Å². The van der Waals surface area contributed by atoms with Crippen LogP contribution in [0.5, 0.6) is 0 Å². The molecule has 0 aromatic heterocycles. The molecule has 1 fully saturated rings. The van der Waals surface area contributed by atoms with E-state index in [-0.39, 0.29) is 11.3 Å². The van der Waals surface area contributed by atoms with Crippen LogP contribution in [0.1, 0.15) is 22.9 Å². The number of thioether (sulfide) groups is 1. The summed E-state index contributed by atoms with van der Waals surface area (Å²) in [5, 5.41) is -0.362. The van der Waals surface area contributed by atoms with E-state index < -0.39 is 11.6 Å². The molecule has 1 aliphatic rings. The first-order chi connectivity index (χ1) is 11.1. The second kappa shape index (κ2) is 7.13. The van der Waals surface area contributed by atoms with Gasteiger partial charge in [0.15, 0.2) is 0 Å². The molecule has 1 amide bonds. The summed E-state index contributed by atoms with van der Waals surface area (Å²) in [5.41, 5.74) is 1.49. The zero-order chi connectivity index (χ0) is 16.2. The number of hydrogen-bond acceptors (Lipinski definition) is 2. The zero-order valence-electron chi connectivity index (χ0n) is 12.5. The lowest BCUT2D eigenvalue weighted by atomic mass is 10.1. The van der Waals surface area contributed by atoms with Crippen molar-refractivity contribution in [2.45, 2.75) is 18.2 Å². The van der Waals surface area contributed by atoms with E-state index in [9.17, 15) is 13.6 Å². The third-order valence-electron chi connectivity index (χ3n) is 3.91. The highest BCUT2D eigenvalue weighted by molar-refractivity contribution is 7.99. The van der Waals surface area contributed by atoms with E-state index >= 15 is 0 Å². The number of amides is 1. The first-order valence-corrected chi connectivity index (χ1v) is 8.60. The van der Waals surface area contributed by atoms with Crippen molar-refractivity contribution in [2.24, 2.45) is 0 Å². The van der Waals surface area contributed by atoms with Gasteiger partial charge in [-0.05, 0) is 18.1 Å². The standard InChI is InChI=1S/C18H17F2NOS/c19-14-7-8-15(16(20)12-14)18-21(10-11-23-18)17(22)9-6-13-4-2-1-3-5-13/h1-5,7-8,12,18H,6,9-11H2/t18-/m1/s1. The van der Waals surface area contributed by atoms with Gasteiger partial charge in [-0.15, -0.1) is 11.8 Å². The van der Waals surface area contributed by atoms with E-state index in [0.29, 0.717) is 24.9 Å². The van der Waals surface area contributed by atoms with Gasteiger partial charge in [-0.3, -0.25) is 4.79 Å². The maximum atomic E-state index is 14.0. The summed E-state index contributed by atoms with van der Waals surface area (Å²) in [4.78, 5) is 14.2. The Morgan fingerprint density at radius 3 is 2.70 bits per heavy atom. The summed E-state index contributed by atoms with van der Waals surface area (Å²) in [7, 11) is 0. The minimum atomic E-state index is -0.601. The summed E-state index contributed by atoms with van der Waals surface area (Å²) >= 11 is 1.52. The van der Waals surface area contributed by atoms with E-state index in [4.69, 9.17) is 0 Å². The first-order valence-electron chi connectivity index (χ1n) is 7.55. The van der Waals surface area contributed by atoms with Crippen molar-refractivity contribution >= 4 is 17.7 Å². The predicted octanol–water partition coefficient (Wildman–Crippen LogP) is 4.17. The molecule has 2 aromatic rings. The van der Waals surface area contributed by atoms with Gasteiger partial charge in [0.2, 0.25) is 5.91 Å². The minimum absolute atomic E-state index is 0.00702. The molecule has 0 spiro atoms. The Balaban J connectivity index is 1.69. The molecule has 0 N–H and O–H groups in total. The molecule has 1 atom stereocenters.